The van der Waals surface area contributed by atoms with Gasteiger partial charge in [0.15, 0.2) is 0 Å². The highest BCUT2D eigenvalue weighted by molar-refractivity contribution is 5.93. The Morgan fingerprint density at radius 1 is 1.12 bits per heavy atom. The molecule has 1 aromatic carbocycles. The largest absolute Gasteiger partial charge is 0.366 e. The predicted octanol–water partition coefficient (Wildman–Crippen LogP) is 1.58. The van der Waals surface area contributed by atoms with E-state index in [0.29, 0.717) is 11.3 Å². The number of hydrogen-bond donors (Lipinski definition) is 1. The molecule has 0 saturated carbocycles. The van der Waals surface area contributed by atoms with Crippen molar-refractivity contribution >= 4 is 5.91 Å². The van der Waals surface area contributed by atoms with E-state index in [0.717, 1.165) is 5.56 Å². The SMILES string of the molecule is NC(=O)c1cccc(C#Cc2ccccn2)c1. The highest BCUT2D eigenvalue weighted by atomic mass is 16.1. The molecule has 2 N–H and O–H groups in total. The Morgan fingerprint density at radius 3 is 2.71 bits per heavy atom. The molecule has 1 heterocycles. The van der Waals surface area contributed by atoms with Crippen molar-refractivity contribution in [3.63, 3.8) is 0 Å². The smallest absolute Gasteiger partial charge is 0.248 e. The Bertz CT molecular complexity index is 594. The molecular weight excluding hydrogens is 212 g/mol. The molecule has 1 aromatic heterocycles. The van der Waals surface area contributed by atoms with Gasteiger partial charge in [-0.1, -0.05) is 18.1 Å². The summed E-state index contributed by atoms with van der Waals surface area (Å²) >= 11 is 0. The maximum absolute atomic E-state index is 11.0. The lowest BCUT2D eigenvalue weighted by molar-refractivity contribution is 0.100. The summed E-state index contributed by atoms with van der Waals surface area (Å²) in [7, 11) is 0. The molecule has 1 amide bonds. The van der Waals surface area contributed by atoms with E-state index in [1.54, 1.807) is 24.4 Å². The molecule has 0 aliphatic carbocycles. The van der Waals surface area contributed by atoms with Crippen LogP contribution in [0.5, 0.6) is 0 Å². The summed E-state index contributed by atoms with van der Waals surface area (Å²) in [6.45, 7) is 0. The predicted molar refractivity (Wildman–Crippen MR) is 65.2 cm³/mol. The number of amides is 1. The lowest BCUT2D eigenvalue weighted by Gasteiger charge is -1.95. The van der Waals surface area contributed by atoms with Crippen LogP contribution in [0.15, 0.2) is 48.7 Å². The van der Waals surface area contributed by atoms with Gasteiger partial charge in [0.1, 0.15) is 5.69 Å². The van der Waals surface area contributed by atoms with Crippen molar-refractivity contribution < 1.29 is 4.79 Å². The highest BCUT2D eigenvalue weighted by Crippen LogP contribution is 2.03. The summed E-state index contributed by atoms with van der Waals surface area (Å²) in [5.74, 6) is 5.40. The third kappa shape index (κ3) is 2.93. The van der Waals surface area contributed by atoms with Gasteiger partial charge in [0, 0.05) is 17.3 Å². The Labute approximate surface area is 99.3 Å². The zero-order chi connectivity index (χ0) is 12.1. The maximum atomic E-state index is 11.0. The number of rotatable bonds is 1. The number of nitrogens with two attached hydrogens (primary N) is 1. The van der Waals surface area contributed by atoms with Crippen molar-refractivity contribution in [3.8, 4) is 11.8 Å². The minimum Gasteiger partial charge on any atom is -0.366 e. The third-order valence-corrected chi connectivity index (χ3v) is 2.15. The number of benzene rings is 1. The molecule has 0 atom stereocenters. The van der Waals surface area contributed by atoms with Crippen molar-refractivity contribution in [1.29, 1.82) is 0 Å². The van der Waals surface area contributed by atoms with Crippen LogP contribution in [0.2, 0.25) is 0 Å². The topological polar surface area (TPSA) is 56.0 Å². The van der Waals surface area contributed by atoms with Crippen LogP contribution in [0, 0.1) is 11.8 Å². The van der Waals surface area contributed by atoms with Crippen LogP contribution in [-0.4, -0.2) is 10.9 Å². The van der Waals surface area contributed by atoms with Crippen LogP contribution in [0.25, 0.3) is 0 Å². The fourth-order valence-corrected chi connectivity index (χ4v) is 1.32. The number of pyridine rings is 1. The summed E-state index contributed by atoms with van der Waals surface area (Å²) in [6, 6.07) is 12.4. The van der Waals surface area contributed by atoms with E-state index in [1.165, 1.54) is 0 Å². The zero-order valence-corrected chi connectivity index (χ0v) is 9.05. The first-order chi connectivity index (χ1) is 8.25. The van der Waals surface area contributed by atoms with Gasteiger partial charge in [0.05, 0.1) is 0 Å². The number of primary amides is 1. The second-order valence-corrected chi connectivity index (χ2v) is 3.41. The quantitative estimate of drug-likeness (QED) is 0.745. The van der Waals surface area contributed by atoms with E-state index in [4.69, 9.17) is 5.73 Å². The number of aromatic nitrogens is 1. The molecule has 0 bridgehead atoms. The van der Waals surface area contributed by atoms with E-state index in [-0.39, 0.29) is 0 Å². The van der Waals surface area contributed by atoms with Crippen LogP contribution in [0.4, 0.5) is 0 Å². The molecule has 3 nitrogen and oxygen atoms in total. The number of nitrogens with zero attached hydrogens (tertiary/aromatic N) is 1. The van der Waals surface area contributed by atoms with Crippen LogP contribution >= 0.6 is 0 Å². The molecule has 17 heavy (non-hydrogen) atoms. The first-order valence-corrected chi connectivity index (χ1v) is 5.08. The summed E-state index contributed by atoms with van der Waals surface area (Å²) in [5, 5.41) is 0. The Balaban J connectivity index is 2.28. The normalized spacial score (nSPS) is 9.18. The Morgan fingerprint density at radius 2 is 2.00 bits per heavy atom. The van der Waals surface area contributed by atoms with Crippen molar-refractivity contribution in [1.82, 2.24) is 4.98 Å². The van der Waals surface area contributed by atoms with Crippen molar-refractivity contribution in [2.45, 2.75) is 0 Å². The summed E-state index contributed by atoms with van der Waals surface area (Å²) in [4.78, 5) is 15.1. The van der Waals surface area contributed by atoms with Crippen molar-refractivity contribution in [2.24, 2.45) is 5.73 Å². The molecule has 2 aromatic rings. The molecule has 82 valence electrons. The van der Waals surface area contributed by atoms with Crippen LogP contribution in [0.1, 0.15) is 21.6 Å². The van der Waals surface area contributed by atoms with E-state index < -0.39 is 5.91 Å². The maximum Gasteiger partial charge on any atom is 0.248 e. The molecule has 0 fully saturated rings. The first kappa shape index (κ1) is 10.9. The van der Waals surface area contributed by atoms with Crippen LogP contribution in [-0.2, 0) is 0 Å². The molecule has 0 saturated heterocycles. The Kier molecular flexibility index (Phi) is 3.18. The summed E-state index contributed by atoms with van der Waals surface area (Å²) < 4.78 is 0. The molecule has 0 aliphatic rings. The monoisotopic (exact) mass is 222 g/mol. The minimum atomic E-state index is -0.452. The first-order valence-electron chi connectivity index (χ1n) is 5.08. The lowest BCUT2D eigenvalue weighted by atomic mass is 10.1. The molecule has 0 aliphatic heterocycles. The number of carbonyl (C=O) groups is 1. The molecular formula is C14H10N2O. The molecule has 2 rings (SSSR count). The lowest BCUT2D eigenvalue weighted by Crippen LogP contribution is -2.10. The van der Waals surface area contributed by atoms with Gasteiger partial charge in [0.25, 0.3) is 0 Å². The van der Waals surface area contributed by atoms with Gasteiger partial charge in [-0.25, -0.2) is 4.98 Å². The summed E-state index contributed by atoms with van der Waals surface area (Å²) in [5.41, 5.74) is 7.08. The van der Waals surface area contributed by atoms with Crippen LogP contribution in [0.3, 0.4) is 0 Å². The molecule has 0 radical (unpaired) electrons. The fourth-order valence-electron chi connectivity index (χ4n) is 1.32. The third-order valence-electron chi connectivity index (χ3n) is 2.15. The van der Waals surface area contributed by atoms with Gasteiger partial charge < -0.3 is 5.73 Å². The zero-order valence-electron chi connectivity index (χ0n) is 9.05. The highest BCUT2D eigenvalue weighted by Gasteiger charge is 1.98. The van der Waals surface area contributed by atoms with Gasteiger partial charge in [-0.15, -0.1) is 0 Å². The molecule has 0 spiro atoms. The second-order valence-electron chi connectivity index (χ2n) is 3.41. The van der Waals surface area contributed by atoms with Crippen LogP contribution < -0.4 is 5.73 Å². The van der Waals surface area contributed by atoms with Gasteiger partial charge in [0.2, 0.25) is 5.91 Å². The van der Waals surface area contributed by atoms with Gasteiger partial charge in [-0.2, -0.15) is 0 Å². The molecule has 3 heteroatoms. The van der Waals surface area contributed by atoms with E-state index in [9.17, 15) is 4.79 Å². The van der Waals surface area contributed by atoms with E-state index in [1.807, 2.05) is 24.3 Å². The van der Waals surface area contributed by atoms with E-state index >= 15 is 0 Å². The average molecular weight is 222 g/mol. The number of carbonyl (C=O) groups excluding carboxylic acids is 1. The van der Waals surface area contributed by atoms with Gasteiger partial charge >= 0.3 is 0 Å². The van der Waals surface area contributed by atoms with Gasteiger partial charge in [-0.05, 0) is 36.3 Å². The van der Waals surface area contributed by atoms with Crippen molar-refractivity contribution in [3.05, 3.63) is 65.5 Å². The molecule has 0 unspecified atom stereocenters. The second kappa shape index (κ2) is 4.95. The fraction of sp³-hybridized carbons (Fsp3) is 0. The van der Waals surface area contributed by atoms with Crippen molar-refractivity contribution in [2.75, 3.05) is 0 Å². The number of hydrogen-bond acceptors (Lipinski definition) is 2. The summed E-state index contributed by atoms with van der Waals surface area (Å²) in [6.07, 6.45) is 1.68. The Hall–Kier alpha value is -2.60. The van der Waals surface area contributed by atoms with E-state index in [2.05, 4.69) is 16.8 Å². The average Bonchev–Trinajstić information content (AvgIpc) is 2.38. The minimum absolute atomic E-state index is 0.452. The van der Waals surface area contributed by atoms with Gasteiger partial charge in [-0.3, -0.25) is 4.79 Å². The standard InChI is InChI=1S/C14H10N2O/c15-14(17)12-5-3-4-11(10-12)7-8-13-6-1-2-9-16-13/h1-6,9-10H,(H2,15,17).